The van der Waals surface area contributed by atoms with Gasteiger partial charge in [0.05, 0.1) is 6.04 Å². The maximum Gasteiger partial charge on any atom is 0.199 e. The number of nitrogen functional groups attached to an aromatic ring is 1. The normalized spacial score (nSPS) is 18.0. The van der Waals surface area contributed by atoms with Gasteiger partial charge in [-0.25, -0.2) is 4.63 Å². The zero-order valence-corrected chi connectivity index (χ0v) is 9.37. The van der Waals surface area contributed by atoms with E-state index >= 15 is 0 Å². The molecular weight excluding hydrogens is 234 g/mol. The highest BCUT2D eigenvalue weighted by molar-refractivity contribution is 6.00. The molecule has 7 nitrogen and oxygen atoms in total. The lowest BCUT2D eigenvalue weighted by molar-refractivity contribution is 0.303. The minimum atomic E-state index is 0.0860. The quantitative estimate of drug-likeness (QED) is 0.310. The molecule has 3 rings (SSSR count). The van der Waals surface area contributed by atoms with E-state index in [-0.39, 0.29) is 23.4 Å². The van der Waals surface area contributed by atoms with Gasteiger partial charge < -0.3 is 16.3 Å². The fraction of sp³-hybridized carbons (Fsp3) is 0.182. The molecule has 0 saturated carbocycles. The van der Waals surface area contributed by atoms with Crippen LogP contribution in [0.5, 0.6) is 0 Å². The van der Waals surface area contributed by atoms with Crippen molar-refractivity contribution in [1.82, 2.24) is 15.6 Å². The van der Waals surface area contributed by atoms with E-state index in [4.69, 9.17) is 10.9 Å². The van der Waals surface area contributed by atoms with Gasteiger partial charge in [-0.15, -0.1) is 0 Å². The molecule has 1 unspecified atom stereocenters. The number of anilines is 1. The Morgan fingerprint density at radius 1 is 1.44 bits per heavy atom. The lowest BCUT2D eigenvalue weighted by Crippen LogP contribution is -2.36. The summed E-state index contributed by atoms with van der Waals surface area (Å²) in [7, 11) is 0. The Morgan fingerprint density at radius 2 is 2.28 bits per heavy atom. The van der Waals surface area contributed by atoms with Crippen molar-refractivity contribution in [3.8, 4) is 0 Å². The van der Waals surface area contributed by atoms with Crippen molar-refractivity contribution in [2.75, 3.05) is 5.73 Å². The monoisotopic (exact) mass is 245 g/mol. The molecule has 1 aromatic carbocycles. The van der Waals surface area contributed by atoms with E-state index in [0.717, 1.165) is 6.42 Å². The van der Waals surface area contributed by atoms with Crippen molar-refractivity contribution in [2.45, 2.75) is 12.5 Å². The number of amidine groups is 1. The van der Waals surface area contributed by atoms with Crippen LogP contribution in [0.2, 0.25) is 0 Å². The number of oxime groups is 1. The average molecular weight is 245 g/mol. The van der Waals surface area contributed by atoms with Gasteiger partial charge in [0, 0.05) is 0 Å². The number of benzene rings is 1. The summed E-state index contributed by atoms with van der Waals surface area (Å²) >= 11 is 0. The van der Waals surface area contributed by atoms with Gasteiger partial charge in [-0.3, -0.25) is 0 Å². The van der Waals surface area contributed by atoms with Crippen LogP contribution in [0.1, 0.15) is 22.9 Å². The maximum atomic E-state index is 9.00. The summed E-state index contributed by atoms with van der Waals surface area (Å²) in [6.07, 6.45) is 0.861. The highest BCUT2D eigenvalue weighted by atomic mass is 16.6. The molecule has 0 amide bonds. The Balaban J connectivity index is 1.80. The first kappa shape index (κ1) is 10.6. The van der Waals surface area contributed by atoms with Crippen molar-refractivity contribution < 1.29 is 9.84 Å². The summed E-state index contributed by atoms with van der Waals surface area (Å²) in [5.41, 5.74) is 8.21. The predicted octanol–water partition coefficient (Wildman–Crippen LogP) is 0.675. The lowest BCUT2D eigenvalue weighted by Gasteiger charge is -2.31. The molecular formula is C11H11N5O2. The van der Waals surface area contributed by atoms with Crippen LogP contribution >= 0.6 is 0 Å². The topological polar surface area (TPSA) is 110 Å². The number of nitrogens with zero attached hydrogens (tertiary/aromatic N) is 3. The zero-order chi connectivity index (χ0) is 12.5. The minimum Gasteiger partial charge on any atom is -0.409 e. The van der Waals surface area contributed by atoms with Gasteiger partial charge >= 0.3 is 0 Å². The molecule has 4 N–H and O–H groups in total. The Labute approximate surface area is 102 Å². The second kappa shape index (κ2) is 4.02. The summed E-state index contributed by atoms with van der Waals surface area (Å²) in [6.45, 7) is 0. The molecule has 7 heteroatoms. The van der Waals surface area contributed by atoms with Crippen LogP contribution in [0.4, 0.5) is 5.82 Å². The van der Waals surface area contributed by atoms with Crippen LogP contribution in [-0.2, 0) is 6.42 Å². The Kier molecular flexibility index (Phi) is 2.36. The number of rotatable bonds is 2. The number of fused-ring (bicyclic) bond motifs is 1. The van der Waals surface area contributed by atoms with E-state index < -0.39 is 0 Å². The van der Waals surface area contributed by atoms with Gasteiger partial charge in [0.1, 0.15) is 0 Å². The number of hydrogen-bond acceptors (Lipinski definition) is 6. The van der Waals surface area contributed by atoms with Gasteiger partial charge in [-0.2, -0.15) is 0 Å². The Bertz CT molecular complexity index is 607. The molecule has 0 fully saturated rings. The maximum absolute atomic E-state index is 9.00. The van der Waals surface area contributed by atoms with Gasteiger partial charge in [0.15, 0.2) is 17.3 Å². The number of nitrogens with two attached hydrogens (primary N) is 1. The van der Waals surface area contributed by atoms with Crippen molar-refractivity contribution in [2.24, 2.45) is 5.16 Å². The third-order valence-electron chi connectivity index (χ3n) is 3.00. The first-order chi connectivity index (χ1) is 8.79. The third-order valence-corrected chi connectivity index (χ3v) is 3.00. The predicted molar refractivity (Wildman–Crippen MR) is 63.1 cm³/mol. The molecule has 18 heavy (non-hydrogen) atoms. The van der Waals surface area contributed by atoms with E-state index in [9.17, 15) is 0 Å². The van der Waals surface area contributed by atoms with E-state index in [1.807, 2.05) is 18.2 Å². The van der Waals surface area contributed by atoms with E-state index in [0.29, 0.717) is 0 Å². The SMILES string of the molecule is Nc1nonc1/C(=N\O)NC1Cc2ccccc21. The zero-order valence-electron chi connectivity index (χ0n) is 9.37. The van der Waals surface area contributed by atoms with Crippen LogP contribution in [0.3, 0.4) is 0 Å². The summed E-state index contributed by atoms with van der Waals surface area (Å²) in [4.78, 5) is 0. The smallest absolute Gasteiger partial charge is 0.199 e. The molecule has 0 saturated heterocycles. The van der Waals surface area contributed by atoms with Crippen LogP contribution in [0, 0.1) is 0 Å². The highest BCUT2D eigenvalue weighted by Gasteiger charge is 2.28. The molecule has 0 aliphatic heterocycles. The van der Waals surface area contributed by atoms with Gasteiger partial charge in [-0.05, 0) is 27.9 Å². The fourth-order valence-corrected chi connectivity index (χ4v) is 2.06. The molecule has 0 bridgehead atoms. The molecule has 0 spiro atoms. The first-order valence-corrected chi connectivity index (χ1v) is 5.44. The van der Waals surface area contributed by atoms with Gasteiger partial charge in [0.25, 0.3) is 0 Å². The van der Waals surface area contributed by atoms with Crippen molar-refractivity contribution >= 4 is 11.7 Å². The molecule has 1 atom stereocenters. The molecule has 2 aromatic rings. The fourth-order valence-electron chi connectivity index (χ4n) is 2.06. The summed E-state index contributed by atoms with van der Waals surface area (Å²) in [5, 5.41) is 22.2. The van der Waals surface area contributed by atoms with E-state index in [1.54, 1.807) is 0 Å². The van der Waals surface area contributed by atoms with Gasteiger partial charge in [-0.1, -0.05) is 29.4 Å². The van der Waals surface area contributed by atoms with Crippen molar-refractivity contribution in [1.29, 1.82) is 0 Å². The van der Waals surface area contributed by atoms with Gasteiger partial charge in [0.2, 0.25) is 0 Å². The molecule has 1 aliphatic carbocycles. The third kappa shape index (κ3) is 1.56. The first-order valence-electron chi connectivity index (χ1n) is 5.44. The molecule has 1 aromatic heterocycles. The second-order valence-electron chi connectivity index (χ2n) is 4.05. The van der Waals surface area contributed by atoms with Crippen LogP contribution < -0.4 is 11.1 Å². The van der Waals surface area contributed by atoms with E-state index in [1.165, 1.54) is 11.1 Å². The largest absolute Gasteiger partial charge is 0.409 e. The Hall–Kier alpha value is -2.57. The summed E-state index contributed by atoms with van der Waals surface area (Å²) < 4.78 is 4.47. The average Bonchev–Trinajstić information content (AvgIpc) is 2.77. The second-order valence-corrected chi connectivity index (χ2v) is 4.05. The highest BCUT2D eigenvalue weighted by Crippen LogP contribution is 2.32. The number of nitrogens with one attached hydrogen (secondary N) is 1. The molecule has 1 aliphatic rings. The van der Waals surface area contributed by atoms with Crippen LogP contribution in [0.15, 0.2) is 34.1 Å². The summed E-state index contributed by atoms with van der Waals surface area (Å²) in [6, 6.07) is 8.14. The molecule has 0 radical (unpaired) electrons. The van der Waals surface area contributed by atoms with E-state index in [2.05, 4.69) is 31.5 Å². The number of hydrogen-bond donors (Lipinski definition) is 3. The molecule has 92 valence electrons. The standard InChI is InChI=1S/C11H11N5O2/c12-10-9(15-18-16-10)11(14-17)13-8-5-6-3-1-2-4-7(6)8/h1-4,8,17H,5H2,(H2,12,16)(H,13,14). The number of aromatic nitrogens is 2. The van der Waals surface area contributed by atoms with Crippen molar-refractivity contribution in [3.05, 3.63) is 41.1 Å². The van der Waals surface area contributed by atoms with Crippen LogP contribution in [-0.4, -0.2) is 21.4 Å². The summed E-state index contributed by atoms with van der Waals surface area (Å²) in [5.74, 6) is 0.246. The molecule has 1 heterocycles. The Morgan fingerprint density at radius 3 is 2.94 bits per heavy atom. The van der Waals surface area contributed by atoms with Crippen molar-refractivity contribution in [3.63, 3.8) is 0 Å². The lowest BCUT2D eigenvalue weighted by atomic mass is 9.83. The minimum absolute atomic E-state index is 0.0860. The van der Waals surface area contributed by atoms with Crippen LogP contribution in [0.25, 0.3) is 0 Å².